The van der Waals surface area contributed by atoms with E-state index in [0.717, 1.165) is 33.4 Å². The van der Waals surface area contributed by atoms with Gasteiger partial charge in [-0.25, -0.2) is 4.98 Å². The van der Waals surface area contributed by atoms with Crippen LogP contribution in [0.15, 0.2) is 109 Å². The van der Waals surface area contributed by atoms with Gasteiger partial charge >= 0.3 is 0 Å². The lowest BCUT2D eigenvalue weighted by molar-refractivity contribution is -0.276. The molecule has 2 heterocycles. The highest BCUT2D eigenvalue weighted by Crippen LogP contribution is 2.42. The minimum Gasteiger partial charge on any atom is -0.392 e. The molecular formula is C36H33Cl2N3O4. The number of aliphatic hydroxyl groups is 1. The van der Waals surface area contributed by atoms with Crippen LogP contribution in [0.25, 0.3) is 11.1 Å². The van der Waals surface area contributed by atoms with Crippen molar-refractivity contribution in [1.82, 2.24) is 14.9 Å². The van der Waals surface area contributed by atoms with Gasteiger partial charge in [0, 0.05) is 23.6 Å². The van der Waals surface area contributed by atoms with Gasteiger partial charge in [-0.2, -0.15) is 0 Å². The smallest absolute Gasteiger partial charge is 0.251 e. The molecule has 7 nitrogen and oxygen atoms in total. The summed E-state index contributed by atoms with van der Waals surface area (Å²) < 4.78 is 14.9. The summed E-state index contributed by atoms with van der Waals surface area (Å²) in [5, 5.41) is 13.1. The summed E-state index contributed by atoms with van der Waals surface area (Å²) in [4.78, 5) is 16.6. The molecule has 5 aromatic rings. The lowest BCUT2D eigenvalue weighted by Gasteiger charge is -2.41. The Labute approximate surface area is 272 Å². The Morgan fingerprint density at radius 2 is 1.60 bits per heavy atom. The second-order valence-electron chi connectivity index (χ2n) is 11.2. The molecule has 0 aliphatic carbocycles. The van der Waals surface area contributed by atoms with Gasteiger partial charge in [-0.1, -0.05) is 115 Å². The van der Waals surface area contributed by atoms with Crippen molar-refractivity contribution in [3.8, 4) is 11.1 Å². The molecule has 4 aromatic carbocycles. The van der Waals surface area contributed by atoms with Crippen molar-refractivity contribution in [1.29, 1.82) is 0 Å². The second-order valence-corrected chi connectivity index (χ2v) is 11.9. The zero-order chi connectivity index (χ0) is 31.3. The molecule has 45 heavy (non-hydrogen) atoms. The van der Waals surface area contributed by atoms with Crippen molar-refractivity contribution >= 4 is 29.1 Å². The minimum atomic E-state index is -0.625. The zero-order valence-electron chi connectivity index (χ0n) is 24.6. The normalized spacial score (nSPS) is 19.7. The monoisotopic (exact) mass is 641 g/mol. The van der Waals surface area contributed by atoms with Crippen molar-refractivity contribution < 1.29 is 19.4 Å². The van der Waals surface area contributed by atoms with Crippen molar-refractivity contribution in [2.75, 3.05) is 0 Å². The number of nitrogens with one attached hydrogen (secondary N) is 1. The highest BCUT2D eigenvalue weighted by Gasteiger charge is 2.38. The summed E-state index contributed by atoms with van der Waals surface area (Å²) in [6.07, 6.45) is 0.477. The van der Waals surface area contributed by atoms with E-state index in [4.69, 9.17) is 32.7 Å². The summed E-state index contributed by atoms with van der Waals surface area (Å²) >= 11 is 12.5. The molecule has 0 unspecified atom stereocenters. The van der Waals surface area contributed by atoms with Crippen molar-refractivity contribution in [2.24, 2.45) is 5.92 Å². The molecule has 1 aliphatic rings. The van der Waals surface area contributed by atoms with E-state index in [1.54, 1.807) is 23.0 Å². The molecule has 9 heteroatoms. The van der Waals surface area contributed by atoms with Crippen LogP contribution in [0.3, 0.4) is 0 Å². The van der Waals surface area contributed by atoms with Crippen LogP contribution in [0.2, 0.25) is 10.3 Å². The standard InChI is InChI=1S/C36H33Cl2N3O4/c1-23-31(20-41-22-40-33(37)34(41)38)44-36(45-32(23)27-12-10-24(21-42)11-13-27)29-16-14-26(15-17-29)30-9-5-6-25(18-30)19-39-35(43)28-7-3-2-4-8-28/h2-18,22-23,31-32,36,42H,19-21H2,1H3,(H,39,43)/t23-,31+,32+,36+/m1/s1. The summed E-state index contributed by atoms with van der Waals surface area (Å²) in [7, 11) is 0. The number of carbonyl (C=O) groups is 1. The average molecular weight is 643 g/mol. The number of rotatable bonds is 9. The van der Waals surface area contributed by atoms with Crippen LogP contribution in [0.1, 0.15) is 51.9 Å². The molecule has 4 atom stereocenters. The number of carbonyl (C=O) groups excluding carboxylic acids is 1. The van der Waals surface area contributed by atoms with Crippen molar-refractivity contribution in [3.63, 3.8) is 0 Å². The number of hydrogen-bond acceptors (Lipinski definition) is 5. The fourth-order valence-electron chi connectivity index (χ4n) is 5.56. The molecule has 0 bridgehead atoms. The number of halogens is 2. The third-order valence-corrected chi connectivity index (χ3v) is 8.93. The van der Waals surface area contributed by atoms with Gasteiger partial charge in [0.25, 0.3) is 5.91 Å². The number of amides is 1. The van der Waals surface area contributed by atoms with Gasteiger partial charge in [0.1, 0.15) is 5.15 Å². The van der Waals surface area contributed by atoms with E-state index in [2.05, 4.69) is 29.4 Å². The van der Waals surface area contributed by atoms with Gasteiger partial charge < -0.3 is 24.5 Å². The number of benzene rings is 4. The SMILES string of the molecule is C[C@@H]1[C@H](Cn2cnc(Cl)c2Cl)O[C@H](c2ccc(-c3cccc(CNC(=O)c4ccccc4)c3)cc2)O[C@@H]1c1ccc(CO)cc1. The summed E-state index contributed by atoms with van der Waals surface area (Å²) in [6, 6.07) is 33.3. The van der Waals surface area contributed by atoms with Crippen LogP contribution in [-0.2, 0) is 29.2 Å². The maximum atomic E-state index is 12.5. The Morgan fingerprint density at radius 3 is 2.29 bits per heavy atom. The Morgan fingerprint density at radius 1 is 0.867 bits per heavy atom. The van der Waals surface area contributed by atoms with Crippen LogP contribution in [0.5, 0.6) is 0 Å². The molecule has 6 rings (SSSR count). The maximum Gasteiger partial charge on any atom is 0.251 e. The maximum absolute atomic E-state index is 12.5. The van der Waals surface area contributed by atoms with E-state index in [-0.39, 0.29) is 35.8 Å². The quantitative estimate of drug-likeness (QED) is 0.172. The Kier molecular flexibility index (Phi) is 9.64. The van der Waals surface area contributed by atoms with Gasteiger partial charge in [-0.15, -0.1) is 0 Å². The Balaban J connectivity index is 1.20. The van der Waals surface area contributed by atoms with E-state index in [9.17, 15) is 9.90 Å². The molecule has 1 saturated heterocycles. The molecular weight excluding hydrogens is 609 g/mol. The van der Waals surface area contributed by atoms with Gasteiger partial charge in [0.2, 0.25) is 0 Å². The van der Waals surface area contributed by atoms with Gasteiger partial charge in [-0.3, -0.25) is 4.79 Å². The molecule has 1 aliphatic heterocycles. The molecule has 1 amide bonds. The highest BCUT2D eigenvalue weighted by atomic mass is 35.5. The first-order valence-corrected chi connectivity index (χ1v) is 15.5. The average Bonchev–Trinajstić information content (AvgIpc) is 3.41. The van der Waals surface area contributed by atoms with Gasteiger partial charge in [-0.05, 0) is 46.0 Å². The number of hydrogen-bond donors (Lipinski definition) is 2. The van der Waals surface area contributed by atoms with Crippen molar-refractivity contribution in [3.05, 3.63) is 148 Å². The summed E-state index contributed by atoms with van der Waals surface area (Å²) in [6.45, 7) is 2.95. The minimum absolute atomic E-state index is 0.0206. The lowest BCUT2D eigenvalue weighted by atomic mass is 9.90. The highest BCUT2D eigenvalue weighted by molar-refractivity contribution is 6.40. The van der Waals surface area contributed by atoms with E-state index in [1.807, 2.05) is 78.9 Å². The topological polar surface area (TPSA) is 85.6 Å². The number of ether oxygens (including phenoxy) is 2. The van der Waals surface area contributed by atoms with Gasteiger partial charge in [0.15, 0.2) is 11.4 Å². The van der Waals surface area contributed by atoms with E-state index < -0.39 is 6.29 Å². The molecule has 0 saturated carbocycles. The molecule has 1 aromatic heterocycles. The van der Waals surface area contributed by atoms with E-state index >= 15 is 0 Å². The Bertz CT molecular complexity index is 1740. The lowest BCUT2D eigenvalue weighted by Crippen LogP contribution is -2.39. The fraction of sp³-hybridized carbons (Fsp3) is 0.222. The van der Waals surface area contributed by atoms with E-state index in [0.29, 0.717) is 23.8 Å². The van der Waals surface area contributed by atoms with Crippen LogP contribution >= 0.6 is 23.2 Å². The van der Waals surface area contributed by atoms with Crippen LogP contribution in [0.4, 0.5) is 0 Å². The summed E-state index contributed by atoms with van der Waals surface area (Å²) in [5.74, 6) is -0.130. The molecule has 230 valence electrons. The second kappa shape index (κ2) is 14.0. The molecule has 0 spiro atoms. The molecule has 2 N–H and O–H groups in total. The van der Waals surface area contributed by atoms with Crippen LogP contribution in [-0.4, -0.2) is 26.7 Å². The number of imidazole rings is 1. The molecule has 1 fully saturated rings. The van der Waals surface area contributed by atoms with Crippen molar-refractivity contribution in [2.45, 2.75) is 45.1 Å². The first-order valence-electron chi connectivity index (χ1n) is 14.8. The van der Waals surface area contributed by atoms with Crippen LogP contribution in [0, 0.1) is 5.92 Å². The predicted molar refractivity (Wildman–Crippen MR) is 175 cm³/mol. The fourth-order valence-corrected chi connectivity index (χ4v) is 5.87. The first-order chi connectivity index (χ1) is 21.9. The number of aliphatic hydroxyl groups excluding tert-OH is 1. The third kappa shape index (κ3) is 7.14. The molecule has 0 radical (unpaired) electrons. The van der Waals surface area contributed by atoms with Crippen LogP contribution < -0.4 is 5.32 Å². The zero-order valence-corrected chi connectivity index (χ0v) is 26.2. The number of aromatic nitrogens is 2. The largest absolute Gasteiger partial charge is 0.392 e. The van der Waals surface area contributed by atoms with Gasteiger partial charge in [0.05, 0.1) is 31.7 Å². The third-order valence-electron chi connectivity index (χ3n) is 8.17. The number of nitrogens with zero attached hydrogens (tertiary/aromatic N) is 2. The predicted octanol–water partition coefficient (Wildman–Crippen LogP) is 7.77. The first kappa shape index (κ1) is 31.0. The summed E-state index contributed by atoms with van der Waals surface area (Å²) in [5.41, 5.74) is 6.43. The Hall–Kier alpha value is -3.98. The van der Waals surface area contributed by atoms with E-state index in [1.165, 1.54) is 0 Å².